The van der Waals surface area contributed by atoms with Gasteiger partial charge in [-0.05, 0) is 35.7 Å². The van der Waals surface area contributed by atoms with Gasteiger partial charge >= 0.3 is 5.97 Å². The predicted molar refractivity (Wildman–Crippen MR) is 117 cm³/mol. The molecule has 32 heavy (non-hydrogen) atoms. The molecule has 3 aromatic rings. The zero-order valence-corrected chi connectivity index (χ0v) is 18.0. The minimum absolute atomic E-state index is 0.0180. The van der Waals surface area contributed by atoms with Crippen molar-refractivity contribution >= 4 is 21.8 Å². The van der Waals surface area contributed by atoms with Crippen LogP contribution in [0.3, 0.4) is 0 Å². The van der Waals surface area contributed by atoms with Crippen molar-refractivity contribution in [1.82, 2.24) is 4.72 Å². The fourth-order valence-electron chi connectivity index (χ4n) is 3.73. The van der Waals surface area contributed by atoms with E-state index < -0.39 is 28.1 Å². The first-order chi connectivity index (χ1) is 15.3. The molecule has 2 N–H and O–H groups in total. The van der Waals surface area contributed by atoms with Crippen LogP contribution in [0.4, 0.5) is 0 Å². The van der Waals surface area contributed by atoms with Crippen LogP contribution in [0.25, 0.3) is 11.1 Å². The normalized spacial score (nSPS) is 14.4. The fourth-order valence-corrected chi connectivity index (χ4v) is 4.94. The number of carbonyl (C=O) groups excluding carboxylic acids is 2. The zero-order valence-electron chi connectivity index (χ0n) is 17.2. The molecule has 1 aliphatic carbocycles. The first-order valence-electron chi connectivity index (χ1n) is 10.0. The highest BCUT2D eigenvalue weighted by Crippen LogP contribution is 2.37. The molecule has 0 fully saturated rings. The molecule has 0 spiro atoms. The maximum Gasteiger partial charge on any atom is 0.327 e. The lowest BCUT2D eigenvalue weighted by molar-refractivity contribution is -0.148. The van der Waals surface area contributed by atoms with E-state index in [2.05, 4.69) is 4.72 Å². The van der Waals surface area contributed by atoms with Gasteiger partial charge in [-0.3, -0.25) is 9.59 Å². The summed E-state index contributed by atoms with van der Waals surface area (Å²) in [5.74, 6) is -1.17. The summed E-state index contributed by atoms with van der Waals surface area (Å²) in [5.41, 5.74) is 2.52. The molecule has 164 valence electrons. The Labute approximate surface area is 185 Å². The van der Waals surface area contributed by atoms with Crippen molar-refractivity contribution in [3.05, 3.63) is 89.5 Å². The molecule has 0 aromatic heterocycles. The van der Waals surface area contributed by atoms with Gasteiger partial charge < -0.3 is 9.84 Å². The lowest BCUT2D eigenvalue weighted by atomic mass is 10.0. The number of carbonyl (C=O) groups is 2. The molecule has 0 radical (unpaired) electrons. The molecule has 8 heteroatoms. The van der Waals surface area contributed by atoms with Crippen LogP contribution in [0.2, 0.25) is 0 Å². The van der Waals surface area contributed by atoms with Gasteiger partial charge in [0, 0.05) is 11.1 Å². The van der Waals surface area contributed by atoms with Crippen LogP contribution in [0.15, 0.2) is 77.7 Å². The van der Waals surface area contributed by atoms with Crippen molar-refractivity contribution in [2.24, 2.45) is 0 Å². The first kappa shape index (κ1) is 21.9. The summed E-state index contributed by atoms with van der Waals surface area (Å²) < 4.78 is 33.5. The van der Waals surface area contributed by atoms with Crippen LogP contribution in [-0.4, -0.2) is 37.9 Å². The van der Waals surface area contributed by atoms with Crippen LogP contribution >= 0.6 is 0 Å². The number of rotatable bonds is 7. The van der Waals surface area contributed by atoms with E-state index in [9.17, 15) is 23.1 Å². The van der Waals surface area contributed by atoms with E-state index in [1.54, 1.807) is 61.5 Å². The summed E-state index contributed by atoms with van der Waals surface area (Å²) in [7, 11) is -4.27. The maximum atomic E-state index is 13.1. The maximum absolute atomic E-state index is 13.1. The molecule has 2 atom stereocenters. The summed E-state index contributed by atoms with van der Waals surface area (Å²) in [4.78, 5) is 25.1. The van der Waals surface area contributed by atoms with Gasteiger partial charge in [-0.1, -0.05) is 60.7 Å². The molecular formula is C24H21NO6S. The Morgan fingerprint density at radius 1 is 0.938 bits per heavy atom. The Bertz CT molecular complexity index is 1290. The van der Waals surface area contributed by atoms with Gasteiger partial charge in [0.25, 0.3) is 0 Å². The van der Waals surface area contributed by atoms with Crippen LogP contribution in [-0.2, 0) is 19.6 Å². The molecule has 0 unspecified atom stereocenters. The molecule has 0 saturated carbocycles. The van der Waals surface area contributed by atoms with E-state index in [0.717, 1.165) is 5.56 Å². The smallest absolute Gasteiger partial charge is 0.327 e. The molecule has 7 nitrogen and oxygen atoms in total. The van der Waals surface area contributed by atoms with E-state index in [1.165, 1.54) is 12.1 Å². The van der Waals surface area contributed by atoms with Gasteiger partial charge in [-0.25, -0.2) is 8.42 Å². The van der Waals surface area contributed by atoms with Gasteiger partial charge in [0.2, 0.25) is 10.0 Å². The molecule has 0 bridgehead atoms. The SMILES string of the molecule is CCOC(=O)[C@@H](NS(=O)(=O)c1ccc2c(c1)C(=O)c1ccccc1-2)[C@@H](O)c1ccccc1. The molecular weight excluding hydrogens is 430 g/mol. The van der Waals surface area contributed by atoms with Crippen LogP contribution in [0, 0.1) is 0 Å². The Kier molecular flexibility index (Phi) is 5.92. The largest absolute Gasteiger partial charge is 0.465 e. The molecule has 1 aliphatic rings. The minimum Gasteiger partial charge on any atom is -0.465 e. The molecule has 3 aromatic carbocycles. The Morgan fingerprint density at radius 3 is 2.25 bits per heavy atom. The number of ether oxygens (including phenoxy) is 1. The number of hydrogen-bond acceptors (Lipinski definition) is 6. The Hall–Kier alpha value is -3.33. The number of benzene rings is 3. The third-order valence-corrected chi connectivity index (χ3v) is 6.73. The number of aliphatic hydroxyl groups is 1. The van der Waals surface area contributed by atoms with Crippen LogP contribution < -0.4 is 4.72 Å². The summed E-state index contributed by atoms with van der Waals surface area (Å²) in [5, 5.41) is 10.7. The third-order valence-electron chi connectivity index (χ3n) is 5.29. The average molecular weight is 452 g/mol. The van der Waals surface area contributed by atoms with E-state index in [-0.39, 0.29) is 22.8 Å². The standard InChI is InChI=1S/C24H21NO6S/c1-2-31-24(28)21(22(26)15-8-4-3-5-9-15)25-32(29,30)16-12-13-18-17-10-6-7-11-19(17)23(27)20(18)14-16/h3-14,21-22,25-26H,2H2,1H3/t21-,22-/m0/s1. The van der Waals surface area contributed by atoms with E-state index >= 15 is 0 Å². The number of esters is 1. The van der Waals surface area contributed by atoms with Crippen molar-refractivity contribution in [3.63, 3.8) is 0 Å². The lowest BCUT2D eigenvalue weighted by Gasteiger charge is -2.23. The highest BCUT2D eigenvalue weighted by atomic mass is 32.2. The second-order valence-electron chi connectivity index (χ2n) is 7.29. The van der Waals surface area contributed by atoms with Crippen molar-refractivity contribution in [1.29, 1.82) is 0 Å². The van der Waals surface area contributed by atoms with Crippen molar-refractivity contribution < 1.29 is 27.9 Å². The summed E-state index contributed by atoms with van der Waals surface area (Å²) in [6, 6.07) is 17.9. The van der Waals surface area contributed by atoms with E-state index in [0.29, 0.717) is 16.7 Å². The Balaban J connectivity index is 1.68. The zero-order chi connectivity index (χ0) is 22.9. The quantitative estimate of drug-likeness (QED) is 0.418. The summed E-state index contributed by atoms with van der Waals surface area (Å²) in [6.45, 7) is 1.60. The topological polar surface area (TPSA) is 110 Å². The average Bonchev–Trinajstić information content (AvgIpc) is 3.09. The molecule has 0 heterocycles. The fraction of sp³-hybridized carbons (Fsp3) is 0.167. The third kappa shape index (κ3) is 3.95. The highest BCUT2D eigenvalue weighted by molar-refractivity contribution is 7.89. The number of sulfonamides is 1. The van der Waals surface area contributed by atoms with Gasteiger partial charge in [0.1, 0.15) is 12.1 Å². The van der Waals surface area contributed by atoms with Gasteiger partial charge in [0.15, 0.2) is 5.78 Å². The second kappa shape index (κ2) is 8.66. The van der Waals surface area contributed by atoms with Crippen molar-refractivity contribution in [2.45, 2.75) is 24.0 Å². The van der Waals surface area contributed by atoms with Crippen molar-refractivity contribution in [3.8, 4) is 11.1 Å². The number of hydrogen-bond donors (Lipinski definition) is 2. The minimum atomic E-state index is -4.27. The highest BCUT2D eigenvalue weighted by Gasteiger charge is 2.35. The lowest BCUT2D eigenvalue weighted by Crippen LogP contribution is -2.45. The number of aliphatic hydroxyl groups excluding tert-OH is 1. The molecule has 4 rings (SSSR count). The van der Waals surface area contributed by atoms with Crippen molar-refractivity contribution in [2.75, 3.05) is 6.61 Å². The number of ketones is 1. The number of fused-ring (bicyclic) bond motifs is 3. The van der Waals surface area contributed by atoms with Crippen LogP contribution in [0.1, 0.15) is 34.5 Å². The first-order valence-corrected chi connectivity index (χ1v) is 11.5. The summed E-state index contributed by atoms with van der Waals surface area (Å²) in [6.07, 6.45) is -1.47. The Morgan fingerprint density at radius 2 is 1.56 bits per heavy atom. The molecule has 0 saturated heterocycles. The monoisotopic (exact) mass is 451 g/mol. The summed E-state index contributed by atoms with van der Waals surface area (Å²) >= 11 is 0. The van der Waals surface area contributed by atoms with Gasteiger partial charge in [-0.15, -0.1) is 0 Å². The predicted octanol–water partition coefficient (Wildman–Crippen LogP) is 2.84. The van der Waals surface area contributed by atoms with Crippen LogP contribution in [0.5, 0.6) is 0 Å². The van der Waals surface area contributed by atoms with E-state index in [1.807, 2.05) is 6.07 Å². The molecule has 0 aliphatic heterocycles. The molecule has 0 amide bonds. The van der Waals surface area contributed by atoms with Gasteiger partial charge in [-0.2, -0.15) is 4.72 Å². The van der Waals surface area contributed by atoms with E-state index in [4.69, 9.17) is 4.74 Å². The second-order valence-corrected chi connectivity index (χ2v) is 9.00. The number of nitrogens with one attached hydrogen (secondary N) is 1. The van der Waals surface area contributed by atoms with Gasteiger partial charge in [0.05, 0.1) is 11.5 Å².